The lowest BCUT2D eigenvalue weighted by atomic mass is 10.2. The highest BCUT2D eigenvalue weighted by Crippen LogP contribution is 2.24. The predicted molar refractivity (Wildman–Crippen MR) is 116 cm³/mol. The molecule has 1 fully saturated rings. The number of urea groups is 1. The molecule has 164 valence electrons. The number of nitrogens with one attached hydrogen (secondary N) is 1. The highest BCUT2D eigenvalue weighted by molar-refractivity contribution is 5.89. The molecule has 1 unspecified atom stereocenters. The average Bonchev–Trinajstić information content (AvgIpc) is 3.42. The molecule has 1 aromatic carbocycles. The van der Waals surface area contributed by atoms with Crippen molar-refractivity contribution in [1.29, 1.82) is 0 Å². The van der Waals surface area contributed by atoms with Gasteiger partial charge in [-0.3, -0.25) is 9.78 Å². The molecule has 2 aliphatic heterocycles. The maximum atomic E-state index is 12.6. The third-order valence-corrected chi connectivity index (χ3v) is 5.58. The van der Waals surface area contributed by atoms with E-state index in [4.69, 9.17) is 9.47 Å². The summed E-state index contributed by atoms with van der Waals surface area (Å²) in [6.45, 7) is 5.46. The second kappa shape index (κ2) is 9.78. The number of fused-ring (bicyclic) bond motifs is 1. The molecular weight excluding hydrogens is 396 g/mol. The first-order valence-electron chi connectivity index (χ1n) is 10.7. The Kier molecular flexibility index (Phi) is 6.66. The molecule has 2 aliphatic rings. The van der Waals surface area contributed by atoms with Crippen LogP contribution in [0.15, 0.2) is 42.7 Å². The van der Waals surface area contributed by atoms with Gasteiger partial charge in [0.2, 0.25) is 5.91 Å². The lowest BCUT2D eigenvalue weighted by Gasteiger charge is -2.18. The maximum Gasteiger partial charge on any atom is 0.322 e. The molecule has 0 bridgehead atoms. The monoisotopic (exact) mass is 424 g/mol. The highest BCUT2D eigenvalue weighted by Gasteiger charge is 2.27. The summed E-state index contributed by atoms with van der Waals surface area (Å²) >= 11 is 0. The Morgan fingerprint density at radius 3 is 2.71 bits per heavy atom. The van der Waals surface area contributed by atoms with Gasteiger partial charge in [-0.2, -0.15) is 0 Å². The number of benzene rings is 1. The third-order valence-electron chi connectivity index (χ3n) is 5.58. The summed E-state index contributed by atoms with van der Waals surface area (Å²) in [6, 6.07) is 9.17. The van der Waals surface area contributed by atoms with E-state index in [-0.39, 0.29) is 18.0 Å². The van der Waals surface area contributed by atoms with Crippen LogP contribution >= 0.6 is 0 Å². The van der Waals surface area contributed by atoms with Crippen molar-refractivity contribution in [3.05, 3.63) is 53.9 Å². The molecule has 2 aromatic rings. The number of amides is 3. The number of pyridine rings is 1. The van der Waals surface area contributed by atoms with Crippen LogP contribution in [-0.4, -0.2) is 59.1 Å². The van der Waals surface area contributed by atoms with Crippen LogP contribution in [0.5, 0.6) is 5.75 Å². The van der Waals surface area contributed by atoms with E-state index >= 15 is 0 Å². The van der Waals surface area contributed by atoms with Crippen LogP contribution in [0, 0.1) is 0 Å². The molecule has 1 atom stereocenters. The Balaban J connectivity index is 1.24. The molecule has 4 rings (SSSR count). The molecule has 8 nitrogen and oxygen atoms in total. The van der Waals surface area contributed by atoms with Gasteiger partial charge in [0.15, 0.2) is 0 Å². The van der Waals surface area contributed by atoms with Crippen molar-refractivity contribution < 1.29 is 19.1 Å². The van der Waals surface area contributed by atoms with Crippen LogP contribution in [0.4, 0.5) is 10.5 Å². The number of carbonyl (C=O) groups excluding carboxylic acids is 2. The Labute approximate surface area is 182 Å². The molecule has 1 saturated heterocycles. The number of rotatable bonds is 7. The Hall–Kier alpha value is -3.13. The van der Waals surface area contributed by atoms with Crippen molar-refractivity contribution in [1.82, 2.24) is 14.8 Å². The number of hydrogen-bond acceptors (Lipinski definition) is 5. The van der Waals surface area contributed by atoms with Crippen molar-refractivity contribution in [2.24, 2.45) is 0 Å². The number of ether oxygens (including phenoxy) is 2. The summed E-state index contributed by atoms with van der Waals surface area (Å²) in [5.74, 6) is 0.837. The molecule has 0 saturated carbocycles. The summed E-state index contributed by atoms with van der Waals surface area (Å²) in [7, 11) is 0. The van der Waals surface area contributed by atoms with Gasteiger partial charge < -0.3 is 24.6 Å². The molecule has 3 heterocycles. The van der Waals surface area contributed by atoms with Gasteiger partial charge in [-0.25, -0.2) is 4.79 Å². The fraction of sp³-hybridized carbons (Fsp3) is 0.435. The highest BCUT2D eigenvalue weighted by atomic mass is 16.5. The molecule has 0 spiro atoms. The zero-order valence-corrected chi connectivity index (χ0v) is 17.8. The minimum Gasteiger partial charge on any atom is -0.489 e. The first kappa shape index (κ1) is 21.1. The summed E-state index contributed by atoms with van der Waals surface area (Å²) in [6.07, 6.45) is 4.76. The summed E-state index contributed by atoms with van der Waals surface area (Å²) in [5.41, 5.74) is 2.94. The standard InChI is InChI=1S/C23H28N4O4/c1-2-30-12-9-22(28)26-11-8-21(16-26)31-20-5-3-19(4-6-20)25-23(29)27-14-17-7-10-24-13-18(17)15-27/h3-7,10,13,21H,2,8-9,11-12,14-16H2,1H3,(H,25,29). The van der Waals surface area contributed by atoms with Crippen LogP contribution < -0.4 is 10.1 Å². The topological polar surface area (TPSA) is 84.0 Å². The van der Waals surface area contributed by atoms with E-state index in [0.29, 0.717) is 51.5 Å². The van der Waals surface area contributed by atoms with Crippen LogP contribution in [0.3, 0.4) is 0 Å². The fourth-order valence-electron chi connectivity index (χ4n) is 3.89. The zero-order valence-electron chi connectivity index (χ0n) is 17.8. The van der Waals surface area contributed by atoms with Gasteiger partial charge in [0, 0.05) is 50.7 Å². The zero-order chi connectivity index (χ0) is 21.6. The molecule has 0 radical (unpaired) electrons. The van der Waals surface area contributed by atoms with Crippen LogP contribution in [0.1, 0.15) is 30.9 Å². The van der Waals surface area contributed by atoms with Crippen molar-refractivity contribution >= 4 is 17.6 Å². The smallest absolute Gasteiger partial charge is 0.322 e. The fourth-order valence-corrected chi connectivity index (χ4v) is 3.89. The first-order chi connectivity index (χ1) is 15.1. The van der Waals surface area contributed by atoms with Crippen molar-refractivity contribution in [3.8, 4) is 5.75 Å². The van der Waals surface area contributed by atoms with Gasteiger partial charge in [0.05, 0.1) is 19.6 Å². The van der Waals surface area contributed by atoms with Gasteiger partial charge in [-0.1, -0.05) is 0 Å². The first-order valence-corrected chi connectivity index (χ1v) is 10.7. The third kappa shape index (κ3) is 5.32. The van der Waals surface area contributed by atoms with Gasteiger partial charge >= 0.3 is 6.03 Å². The maximum absolute atomic E-state index is 12.6. The van der Waals surface area contributed by atoms with Gasteiger partial charge in [0.25, 0.3) is 0 Å². The summed E-state index contributed by atoms with van der Waals surface area (Å²) < 4.78 is 11.3. The van der Waals surface area contributed by atoms with E-state index in [1.54, 1.807) is 11.1 Å². The Morgan fingerprint density at radius 2 is 1.94 bits per heavy atom. The van der Waals surface area contributed by atoms with Crippen molar-refractivity contribution in [2.75, 3.05) is 31.6 Å². The van der Waals surface area contributed by atoms with E-state index in [1.165, 1.54) is 0 Å². The van der Waals surface area contributed by atoms with E-state index in [1.807, 2.05) is 48.4 Å². The number of aromatic nitrogens is 1. The Morgan fingerprint density at radius 1 is 1.13 bits per heavy atom. The summed E-state index contributed by atoms with van der Waals surface area (Å²) in [5, 5.41) is 2.93. The number of hydrogen-bond donors (Lipinski definition) is 1. The number of likely N-dealkylation sites (tertiary alicyclic amines) is 1. The number of carbonyl (C=O) groups is 2. The van der Waals surface area contributed by atoms with Crippen molar-refractivity contribution in [2.45, 2.75) is 39.0 Å². The largest absolute Gasteiger partial charge is 0.489 e. The second-order valence-electron chi connectivity index (χ2n) is 7.77. The van der Waals surface area contributed by atoms with Crippen LogP contribution in [0.25, 0.3) is 0 Å². The SMILES string of the molecule is CCOCCC(=O)N1CCC(Oc2ccc(NC(=O)N3Cc4ccncc4C3)cc2)C1. The van der Waals surface area contributed by atoms with Gasteiger partial charge in [0.1, 0.15) is 11.9 Å². The summed E-state index contributed by atoms with van der Waals surface area (Å²) in [4.78, 5) is 32.5. The molecule has 0 aliphatic carbocycles. The average molecular weight is 425 g/mol. The minimum absolute atomic E-state index is 0.0202. The molecule has 31 heavy (non-hydrogen) atoms. The van der Waals surface area contributed by atoms with E-state index < -0.39 is 0 Å². The van der Waals surface area contributed by atoms with Crippen molar-refractivity contribution in [3.63, 3.8) is 0 Å². The Bertz CT molecular complexity index is 893. The van der Waals surface area contributed by atoms with Crippen LogP contribution in [-0.2, 0) is 22.6 Å². The molecule has 1 N–H and O–H groups in total. The molecule has 8 heteroatoms. The molecule has 1 aromatic heterocycles. The second-order valence-corrected chi connectivity index (χ2v) is 7.77. The normalized spacial score (nSPS) is 17.5. The number of nitrogens with zero attached hydrogens (tertiary/aromatic N) is 3. The lowest BCUT2D eigenvalue weighted by molar-refractivity contribution is -0.131. The predicted octanol–water partition coefficient (Wildman–Crippen LogP) is 3.04. The van der Waals surface area contributed by atoms with E-state index in [0.717, 1.165) is 23.3 Å². The quantitative estimate of drug-likeness (QED) is 0.691. The lowest BCUT2D eigenvalue weighted by Crippen LogP contribution is -2.31. The van der Waals surface area contributed by atoms with Gasteiger partial charge in [-0.05, 0) is 48.4 Å². The van der Waals surface area contributed by atoms with Gasteiger partial charge in [-0.15, -0.1) is 0 Å². The molecular formula is C23H28N4O4. The number of anilines is 1. The van der Waals surface area contributed by atoms with E-state index in [9.17, 15) is 9.59 Å². The van der Waals surface area contributed by atoms with E-state index in [2.05, 4.69) is 10.3 Å². The van der Waals surface area contributed by atoms with Crippen LogP contribution in [0.2, 0.25) is 0 Å². The molecule has 3 amide bonds. The minimum atomic E-state index is -0.137.